The molecule has 3 unspecified atom stereocenters. The van der Waals surface area contributed by atoms with Crippen molar-refractivity contribution < 1.29 is 26.6 Å². The van der Waals surface area contributed by atoms with E-state index in [0.717, 1.165) is 0 Å². The number of piperidine rings is 1. The second-order valence-electron chi connectivity index (χ2n) is 5.28. The van der Waals surface area contributed by atoms with E-state index in [4.69, 9.17) is 11.6 Å². The van der Waals surface area contributed by atoms with E-state index in [1.165, 1.54) is 0 Å². The average Bonchev–Trinajstić information content (AvgIpc) is 2.55. The molecule has 1 fully saturated rings. The molecule has 1 N–H and O–H groups in total. The highest BCUT2D eigenvalue weighted by atomic mass is 35.5. The first-order valence-corrected chi connectivity index (χ1v) is 7.46. The average molecular weight is 362 g/mol. The molecule has 0 bridgehead atoms. The SMILES string of the molecule is N#CC1C(=O)NC(=O)C([n+]2ccccc2)C1c1ccccc1Cl.[Cl-]. The van der Waals surface area contributed by atoms with Gasteiger partial charge in [-0.2, -0.15) is 9.83 Å². The summed E-state index contributed by atoms with van der Waals surface area (Å²) in [5.41, 5.74) is 0.616. The summed E-state index contributed by atoms with van der Waals surface area (Å²) < 4.78 is 1.69. The van der Waals surface area contributed by atoms with Crippen molar-refractivity contribution in [3.05, 3.63) is 65.4 Å². The Bertz CT molecular complexity index is 805. The number of nitriles is 1. The number of nitrogens with one attached hydrogen (secondary N) is 1. The van der Waals surface area contributed by atoms with E-state index in [1.807, 2.05) is 12.1 Å². The molecule has 7 heteroatoms. The molecule has 3 rings (SSSR count). The Hall–Kier alpha value is -2.42. The van der Waals surface area contributed by atoms with Crippen molar-refractivity contribution in [3.8, 4) is 6.07 Å². The summed E-state index contributed by atoms with van der Waals surface area (Å²) in [5.74, 6) is -2.68. The van der Waals surface area contributed by atoms with E-state index >= 15 is 0 Å². The van der Waals surface area contributed by atoms with Crippen molar-refractivity contribution >= 4 is 23.4 Å². The maximum Gasteiger partial charge on any atom is 0.296 e. The zero-order valence-corrected chi connectivity index (χ0v) is 13.9. The van der Waals surface area contributed by atoms with Crippen molar-refractivity contribution in [1.82, 2.24) is 5.32 Å². The molecular formula is C17H13Cl2N3O2. The third-order valence-corrected chi connectivity index (χ3v) is 4.30. The van der Waals surface area contributed by atoms with Gasteiger partial charge in [-0.05, 0) is 11.6 Å². The number of pyridine rings is 1. The van der Waals surface area contributed by atoms with Gasteiger partial charge in [-0.15, -0.1) is 0 Å². The van der Waals surface area contributed by atoms with Gasteiger partial charge in [0, 0.05) is 17.2 Å². The first kappa shape index (κ1) is 17.9. The Morgan fingerprint density at radius 2 is 1.71 bits per heavy atom. The summed E-state index contributed by atoms with van der Waals surface area (Å²) in [6.45, 7) is 0. The predicted octanol–water partition coefficient (Wildman–Crippen LogP) is -1.25. The molecule has 0 spiro atoms. The lowest BCUT2D eigenvalue weighted by Crippen LogP contribution is -3.00. The van der Waals surface area contributed by atoms with Crippen molar-refractivity contribution in [2.75, 3.05) is 0 Å². The van der Waals surface area contributed by atoms with Crippen molar-refractivity contribution in [1.29, 1.82) is 5.26 Å². The third kappa shape index (κ3) is 3.12. The number of carbonyl (C=O) groups is 2. The van der Waals surface area contributed by atoms with Crippen LogP contribution in [-0.4, -0.2) is 11.8 Å². The number of rotatable bonds is 2. The number of hydrogen-bond acceptors (Lipinski definition) is 3. The van der Waals surface area contributed by atoms with E-state index in [9.17, 15) is 14.9 Å². The van der Waals surface area contributed by atoms with Gasteiger partial charge in [-0.25, -0.2) is 0 Å². The van der Waals surface area contributed by atoms with Gasteiger partial charge in [-0.3, -0.25) is 14.9 Å². The van der Waals surface area contributed by atoms with Gasteiger partial charge >= 0.3 is 0 Å². The van der Waals surface area contributed by atoms with Crippen LogP contribution in [-0.2, 0) is 9.59 Å². The number of imide groups is 1. The maximum atomic E-state index is 12.5. The highest BCUT2D eigenvalue weighted by Crippen LogP contribution is 2.39. The molecule has 1 aliphatic rings. The molecule has 122 valence electrons. The van der Waals surface area contributed by atoms with Crippen LogP contribution in [0, 0.1) is 17.2 Å². The largest absolute Gasteiger partial charge is 1.00 e. The van der Waals surface area contributed by atoms with Gasteiger partial charge < -0.3 is 12.4 Å². The van der Waals surface area contributed by atoms with Crippen LogP contribution in [0.1, 0.15) is 17.5 Å². The fraction of sp³-hybridized carbons (Fsp3) is 0.176. The Balaban J connectivity index is 0.00000208. The minimum Gasteiger partial charge on any atom is -1.00 e. The van der Waals surface area contributed by atoms with E-state index in [1.54, 1.807) is 53.4 Å². The summed E-state index contributed by atoms with van der Waals surface area (Å²) in [7, 11) is 0. The molecule has 2 heterocycles. The summed E-state index contributed by atoms with van der Waals surface area (Å²) >= 11 is 6.27. The van der Waals surface area contributed by atoms with Crippen LogP contribution in [0.2, 0.25) is 5.02 Å². The van der Waals surface area contributed by atoms with E-state index in [0.29, 0.717) is 10.6 Å². The third-order valence-electron chi connectivity index (χ3n) is 3.96. The molecule has 2 amide bonds. The molecule has 0 radical (unpaired) electrons. The van der Waals surface area contributed by atoms with Crippen LogP contribution in [0.25, 0.3) is 0 Å². The van der Waals surface area contributed by atoms with Crippen molar-refractivity contribution in [2.24, 2.45) is 5.92 Å². The van der Waals surface area contributed by atoms with Gasteiger partial charge in [0.2, 0.25) is 11.9 Å². The minimum atomic E-state index is -0.995. The number of benzene rings is 1. The fourth-order valence-electron chi connectivity index (χ4n) is 2.93. The van der Waals surface area contributed by atoms with Gasteiger partial charge in [-0.1, -0.05) is 35.9 Å². The van der Waals surface area contributed by atoms with Crippen LogP contribution in [0.15, 0.2) is 54.9 Å². The number of aromatic nitrogens is 1. The molecule has 0 aliphatic carbocycles. The molecular weight excluding hydrogens is 349 g/mol. The molecule has 5 nitrogen and oxygen atoms in total. The standard InChI is InChI=1S/C17H12ClN3O2.ClH/c18-13-7-3-2-6-11(13)14-12(10-19)16(22)20-17(23)15(14)21-8-4-1-5-9-21;/h1-9,12,14-15H;1H. The number of halogens is 2. The lowest BCUT2D eigenvalue weighted by molar-refractivity contribution is -0.713. The van der Waals surface area contributed by atoms with Gasteiger partial charge in [0.15, 0.2) is 12.4 Å². The molecule has 3 atom stereocenters. The molecule has 0 saturated carbocycles. The highest BCUT2D eigenvalue weighted by Gasteiger charge is 2.50. The van der Waals surface area contributed by atoms with Gasteiger partial charge in [0.05, 0.1) is 12.0 Å². The smallest absolute Gasteiger partial charge is 0.296 e. The zero-order valence-electron chi connectivity index (χ0n) is 12.4. The summed E-state index contributed by atoms with van der Waals surface area (Å²) in [5, 5.41) is 12.2. The molecule has 1 saturated heterocycles. The molecule has 2 aromatic rings. The molecule has 1 aliphatic heterocycles. The highest BCUT2D eigenvalue weighted by molar-refractivity contribution is 6.31. The summed E-state index contributed by atoms with van der Waals surface area (Å²) in [4.78, 5) is 24.6. The second-order valence-corrected chi connectivity index (χ2v) is 5.68. The Morgan fingerprint density at radius 1 is 1.04 bits per heavy atom. The Kier molecular flexibility index (Phi) is 5.55. The molecule has 24 heavy (non-hydrogen) atoms. The fourth-order valence-corrected chi connectivity index (χ4v) is 3.20. The first-order chi connectivity index (χ1) is 11.1. The van der Waals surface area contributed by atoms with Crippen molar-refractivity contribution in [2.45, 2.75) is 12.0 Å². The molecule has 1 aromatic heterocycles. The second kappa shape index (κ2) is 7.43. The minimum absolute atomic E-state index is 0. The van der Waals surface area contributed by atoms with Crippen LogP contribution in [0.4, 0.5) is 0 Å². The summed E-state index contributed by atoms with van der Waals surface area (Å²) in [6, 6.07) is 13.7. The zero-order chi connectivity index (χ0) is 16.4. The number of carbonyl (C=O) groups excluding carboxylic acids is 2. The van der Waals surface area contributed by atoms with E-state index < -0.39 is 29.7 Å². The summed E-state index contributed by atoms with van der Waals surface area (Å²) in [6.07, 6.45) is 3.47. The van der Waals surface area contributed by atoms with Gasteiger partial charge in [0.25, 0.3) is 5.91 Å². The normalized spacial score (nSPS) is 22.9. The van der Waals surface area contributed by atoms with Crippen molar-refractivity contribution in [3.63, 3.8) is 0 Å². The van der Waals surface area contributed by atoms with E-state index in [2.05, 4.69) is 5.32 Å². The lowest BCUT2D eigenvalue weighted by atomic mass is 9.77. The maximum absolute atomic E-state index is 12.5. The van der Waals surface area contributed by atoms with Crippen LogP contribution < -0.4 is 22.3 Å². The lowest BCUT2D eigenvalue weighted by Gasteiger charge is -2.30. The number of amides is 2. The predicted molar refractivity (Wildman–Crippen MR) is 82.1 cm³/mol. The monoisotopic (exact) mass is 361 g/mol. The number of nitrogens with zero attached hydrogens (tertiary/aromatic N) is 2. The first-order valence-electron chi connectivity index (χ1n) is 7.08. The van der Waals surface area contributed by atoms with Crippen LogP contribution in [0.3, 0.4) is 0 Å². The Morgan fingerprint density at radius 3 is 2.33 bits per heavy atom. The molecule has 1 aromatic carbocycles. The van der Waals surface area contributed by atoms with E-state index in [-0.39, 0.29) is 12.4 Å². The quantitative estimate of drug-likeness (QED) is 0.536. The van der Waals surface area contributed by atoms with Gasteiger partial charge in [0.1, 0.15) is 5.92 Å². The Labute approximate surface area is 150 Å². The topological polar surface area (TPSA) is 73.8 Å². The number of hydrogen-bond donors (Lipinski definition) is 1. The van der Waals surface area contributed by atoms with Crippen LogP contribution >= 0.6 is 11.6 Å². The van der Waals surface area contributed by atoms with Crippen LogP contribution in [0.5, 0.6) is 0 Å².